The molecule has 1 atom stereocenters. The number of carbonyl (C=O) groups excluding carboxylic acids is 1. The Kier molecular flexibility index (Phi) is 4.58. The lowest BCUT2D eigenvalue weighted by Gasteiger charge is -2.33. The molecule has 0 saturated carbocycles. The van der Waals surface area contributed by atoms with Gasteiger partial charge in [0.2, 0.25) is 0 Å². The summed E-state index contributed by atoms with van der Waals surface area (Å²) in [5.41, 5.74) is 3.47. The van der Waals surface area contributed by atoms with Crippen LogP contribution in [0.15, 0.2) is 36.7 Å². The highest BCUT2D eigenvalue weighted by Gasteiger charge is 2.34. The molecule has 0 radical (unpaired) electrons. The van der Waals surface area contributed by atoms with E-state index in [9.17, 15) is 18.0 Å². The zero-order valence-electron chi connectivity index (χ0n) is 17.7. The molecule has 1 amide bonds. The normalized spacial score (nSPS) is 15.9. The number of carbonyl (C=O) groups is 1. The van der Waals surface area contributed by atoms with E-state index in [4.69, 9.17) is 0 Å². The van der Waals surface area contributed by atoms with Crippen molar-refractivity contribution in [3.63, 3.8) is 0 Å². The zero-order chi connectivity index (χ0) is 22.7. The maximum absolute atomic E-state index is 13.9. The first kappa shape index (κ1) is 20.3. The summed E-state index contributed by atoms with van der Waals surface area (Å²) in [5.74, 6) is -4.13. The lowest BCUT2D eigenvalue weighted by atomic mass is 9.95. The molecule has 4 heterocycles. The van der Waals surface area contributed by atoms with Crippen molar-refractivity contribution in [2.24, 2.45) is 14.1 Å². The van der Waals surface area contributed by atoms with E-state index in [-0.39, 0.29) is 17.5 Å². The van der Waals surface area contributed by atoms with Gasteiger partial charge in [0.1, 0.15) is 5.65 Å². The van der Waals surface area contributed by atoms with Crippen molar-refractivity contribution < 1.29 is 18.0 Å². The molecule has 0 fully saturated rings. The highest BCUT2D eigenvalue weighted by atomic mass is 19.2. The number of aryl methyl sites for hydroxylation is 2. The molecule has 4 aromatic rings. The number of amides is 1. The second-order valence-electron chi connectivity index (χ2n) is 8.04. The largest absolute Gasteiger partial charge is 0.335 e. The quantitative estimate of drug-likeness (QED) is 0.441. The summed E-state index contributed by atoms with van der Waals surface area (Å²) in [6.45, 7) is 2.29. The summed E-state index contributed by atoms with van der Waals surface area (Å²) >= 11 is 0. The fourth-order valence-electron chi connectivity index (χ4n) is 4.61. The van der Waals surface area contributed by atoms with E-state index >= 15 is 0 Å². The fraction of sp³-hybridized carbons (Fsp3) is 0.261. The minimum absolute atomic E-state index is 0.132. The monoisotopic (exact) mass is 439 g/mol. The van der Waals surface area contributed by atoms with E-state index in [0.717, 1.165) is 28.7 Å². The van der Waals surface area contributed by atoms with E-state index in [0.29, 0.717) is 29.9 Å². The first-order valence-electron chi connectivity index (χ1n) is 10.2. The van der Waals surface area contributed by atoms with Gasteiger partial charge in [-0.3, -0.25) is 9.48 Å². The first-order valence-corrected chi connectivity index (χ1v) is 10.2. The molecule has 32 heavy (non-hydrogen) atoms. The first-order chi connectivity index (χ1) is 15.3. The summed E-state index contributed by atoms with van der Waals surface area (Å²) < 4.78 is 44.5. The highest BCUT2D eigenvalue weighted by molar-refractivity contribution is 6.06. The van der Waals surface area contributed by atoms with E-state index in [2.05, 4.69) is 10.1 Å². The lowest BCUT2D eigenvalue weighted by molar-refractivity contribution is 0.0675. The van der Waals surface area contributed by atoms with Gasteiger partial charge in [-0.2, -0.15) is 5.10 Å². The SMILES string of the molecule is C[C@H]1c2nn(C)c(-c3cc(F)c(F)c(F)c3)c2CCN1C(=O)c1cn(C)c2ncccc12. The average Bonchev–Trinajstić information content (AvgIpc) is 3.29. The van der Waals surface area contributed by atoms with Crippen LogP contribution in [0, 0.1) is 17.5 Å². The minimum atomic E-state index is -1.50. The van der Waals surface area contributed by atoms with Crippen LogP contribution in [-0.2, 0) is 20.5 Å². The maximum Gasteiger partial charge on any atom is 0.256 e. The molecule has 5 rings (SSSR count). The second-order valence-corrected chi connectivity index (χ2v) is 8.04. The number of fused-ring (bicyclic) bond motifs is 2. The molecular weight excluding hydrogens is 419 g/mol. The van der Waals surface area contributed by atoms with E-state index in [1.165, 1.54) is 4.68 Å². The van der Waals surface area contributed by atoms with Crippen molar-refractivity contribution >= 4 is 16.9 Å². The third kappa shape index (κ3) is 2.91. The summed E-state index contributed by atoms with van der Waals surface area (Å²) in [4.78, 5) is 19.5. The van der Waals surface area contributed by atoms with Crippen LogP contribution in [0.4, 0.5) is 13.2 Å². The molecular formula is C23H20F3N5O. The van der Waals surface area contributed by atoms with Crippen molar-refractivity contribution in [1.82, 2.24) is 24.2 Å². The van der Waals surface area contributed by atoms with Gasteiger partial charge in [0.05, 0.1) is 23.0 Å². The molecule has 1 aromatic carbocycles. The van der Waals surface area contributed by atoms with Crippen LogP contribution < -0.4 is 0 Å². The molecule has 0 spiro atoms. The topological polar surface area (TPSA) is 56.0 Å². The van der Waals surface area contributed by atoms with Crippen LogP contribution in [-0.4, -0.2) is 36.7 Å². The Morgan fingerprint density at radius 1 is 1.16 bits per heavy atom. The van der Waals surface area contributed by atoms with Crippen molar-refractivity contribution in [2.45, 2.75) is 19.4 Å². The van der Waals surface area contributed by atoms with Crippen LogP contribution in [0.1, 0.15) is 34.6 Å². The van der Waals surface area contributed by atoms with Gasteiger partial charge in [-0.05, 0) is 37.6 Å². The Morgan fingerprint density at radius 2 is 1.88 bits per heavy atom. The minimum Gasteiger partial charge on any atom is -0.335 e. The number of benzene rings is 1. The number of hydrogen-bond acceptors (Lipinski definition) is 3. The fourth-order valence-corrected chi connectivity index (χ4v) is 4.61. The Balaban J connectivity index is 1.54. The zero-order valence-corrected chi connectivity index (χ0v) is 17.7. The smallest absolute Gasteiger partial charge is 0.256 e. The molecule has 9 heteroatoms. The number of hydrogen-bond donors (Lipinski definition) is 0. The predicted molar refractivity (Wildman–Crippen MR) is 112 cm³/mol. The van der Waals surface area contributed by atoms with Crippen LogP contribution in [0.2, 0.25) is 0 Å². The van der Waals surface area contributed by atoms with Gasteiger partial charge in [0.25, 0.3) is 5.91 Å². The predicted octanol–water partition coefficient (Wildman–Crippen LogP) is 4.15. The van der Waals surface area contributed by atoms with Gasteiger partial charge >= 0.3 is 0 Å². The summed E-state index contributed by atoms with van der Waals surface area (Å²) in [7, 11) is 3.51. The van der Waals surface area contributed by atoms with E-state index in [1.54, 1.807) is 30.4 Å². The Morgan fingerprint density at radius 3 is 2.59 bits per heavy atom. The summed E-state index contributed by atoms with van der Waals surface area (Å²) in [6, 6.07) is 5.25. The molecule has 6 nitrogen and oxygen atoms in total. The van der Waals surface area contributed by atoms with Crippen LogP contribution in [0.5, 0.6) is 0 Å². The molecule has 0 N–H and O–H groups in total. The third-order valence-electron chi connectivity index (χ3n) is 6.12. The number of aromatic nitrogens is 4. The molecule has 0 saturated heterocycles. The van der Waals surface area contributed by atoms with Gasteiger partial charge in [-0.25, -0.2) is 18.2 Å². The molecule has 0 bridgehead atoms. The average molecular weight is 439 g/mol. The number of rotatable bonds is 2. The maximum atomic E-state index is 13.9. The van der Waals surface area contributed by atoms with Gasteiger partial charge in [0.15, 0.2) is 17.5 Å². The summed E-state index contributed by atoms with van der Waals surface area (Å²) in [6.07, 6.45) is 3.91. The molecule has 1 aliphatic rings. The van der Waals surface area contributed by atoms with Crippen LogP contribution >= 0.6 is 0 Å². The van der Waals surface area contributed by atoms with Crippen molar-refractivity contribution in [3.05, 3.63) is 70.9 Å². The van der Waals surface area contributed by atoms with E-state index in [1.807, 2.05) is 24.6 Å². The molecule has 1 aliphatic heterocycles. The molecule has 0 unspecified atom stereocenters. The Bertz CT molecular complexity index is 1370. The number of nitrogens with zero attached hydrogens (tertiary/aromatic N) is 5. The van der Waals surface area contributed by atoms with Crippen LogP contribution in [0.25, 0.3) is 22.3 Å². The van der Waals surface area contributed by atoms with Crippen molar-refractivity contribution in [3.8, 4) is 11.3 Å². The van der Waals surface area contributed by atoms with Crippen LogP contribution in [0.3, 0.4) is 0 Å². The van der Waals surface area contributed by atoms with Gasteiger partial charge in [0, 0.05) is 49.5 Å². The third-order valence-corrected chi connectivity index (χ3v) is 6.12. The summed E-state index contributed by atoms with van der Waals surface area (Å²) in [5, 5.41) is 5.33. The Hall–Kier alpha value is -3.62. The second kappa shape index (κ2) is 7.22. The lowest BCUT2D eigenvalue weighted by Crippen LogP contribution is -2.38. The van der Waals surface area contributed by atoms with Gasteiger partial charge in [-0.1, -0.05) is 0 Å². The standard InChI is InChI=1S/C23H20F3N5O/c1-12-20-15(21(30(3)28-20)13-9-17(24)19(26)18(25)10-13)6-8-31(12)23(32)16-11-29(2)22-14(16)5-4-7-27-22/h4-5,7,9-12H,6,8H2,1-3H3/t12-/m0/s1. The van der Waals surface area contributed by atoms with Gasteiger partial charge in [-0.15, -0.1) is 0 Å². The molecule has 164 valence electrons. The van der Waals surface area contributed by atoms with Crippen molar-refractivity contribution in [2.75, 3.05) is 6.54 Å². The molecule has 0 aliphatic carbocycles. The number of pyridine rings is 1. The van der Waals surface area contributed by atoms with E-state index < -0.39 is 17.5 Å². The van der Waals surface area contributed by atoms with Crippen molar-refractivity contribution in [1.29, 1.82) is 0 Å². The highest BCUT2D eigenvalue weighted by Crippen LogP contribution is 2.37. The Labute approximate surface area is 181 Å². The molecule has 3 aromatic heterocycles. The van der Waals surface area contributed by atoms with Gasteiger partial charge < -0.3 is 9.47 Å². The number of halogens is 3.